The van der Waals surface area contributed by atoms with Crippen molar-refractivity contribution >= 4 is 21.4 Å². The van der Waals surface area contributed by atoms with E-state index in [1.807, 2.05) is 14.0 Å². The quantitative estimate of drug-likeness (QED) is 0.500. The smallest absolute Gasteiger partial charge is 0.293 e. The molecule has 0 radical (unpaired) electrons. The number of sulfonamides is 1. The van der Waals surface area contributed by atoms with Gasteiger partial charge in [0.1, 0.15) is 5.69 Å². The number of benzene rings is 1. The topological polar surface area (TPSA) is 99.0 Å². The lowest BCUT2D eigenvalue weighted by Crippen LogP contribution is -2.47. The normalized spacial score (nSPS) is 25.3. The Morgan fingerprint density at radius 3 is 2.35 bits per heavy atom. The van der Waals surface area contributed by atoms with Gasteiger partial charge in [-0.1, -0.05) is 13.8 Å². The first-order chi connectivity index (χ1) is 14.6. The molecule has 0 bridgehead atoms. The summed E-state index contributed by atoms with van der Waals surface area (Å²) >= 11 is 0. The van der Waals surface area contributed by atoms with Gasteiger partial charge in [0.15, 0.2) is 0 Å². The zero-order valence-electron chi connectivity index (χ0n) is 19.0. The largest absolute Gasteiger partial charge is 0.376 e. The van der Waals surface area contributed by atoms with Crippen LogP contribution in [0.4, 0.5) is 11.4 Å². The predicted octanol–water partition coefficient (Wildman–Crippen LogP) is 2.31. The van der Waals surface area contributed by atoms with Gasteiger partial charge in [-0.15, -0.1) is 0 Å². The minimum atomic E-state index is -3.76. The van der Waals surface area contributed by atoms with Crippen molar-refractivity contribution in [1.82, 2.24) is 14.1 Å². The van der Waals surface area contributed by atoms with Crippen LogP contribution in [0.5, 0.6) is 0 Å². The van der Waals surface area contributed by atoms with E-state index in [0.29, 0.717) is 43.7 Å². The van der Waals surface area contributed by atoms with Crippen LogP contribution >= 0.6 is 0 Å². The van der Waals surface area contributed by atoms with Crippen LogP contribution in [-0.4, -0.2) is 86.3 Å². The standard InChI is InChI=1S/C21H35N5O4S/c1-16-11-17(2)14-24(13-16)15-18(3)22-20-6-5-19(12-21(20)26(27)28)31(29,30)25-9-7-23(4)8-10-25/h5-6,12,16-18,22H,7-11,13-15H2,1-4H3. The van der Waals surface area contributed by atoms with Crippen LogP contribution in [0.25, 0.3) is 0 Å². The molecule has 174 valence electrons. The van der Waals surface area contributed by atoms with Crippen LogP contribution in [0.3, 0.4) is 0 Å². The summed E-state index contributed by atoms with van der Waals surface area (Å²) in [6.07, 6.45) is 1.23. The van der Waals surface area contributed by atoms with E-state index >= 15 is 0 Å². The average Bonchev–Trinajstić information content (AvgIpc) is 2.67. The van der Waals surface area contributed by atoms with Crippen LogP contribution in [0, 0.1) is 22.0 Å². The lowest BCUT2D eigenvalue weighted by Gasteiger charge is -2.36. The van der Waals surface area contributed by atoms with E-state index in [1.54, 1.807) is 0 Å². The van der Waals surface area contributed by atoms with Crippen molar-refractivity contribution in [2.75, 3.05) is 58.2 Å². The molecule has 2 saturated heterocycles. The molecular formula is C21H35N5O4S. The predicted molar refractivity (Wildman–Crippen MR) is 122 cm³/mol. The lowest BCUT2D eigenvalue weighted by atomic mass is 9.92. The van der Waals surface area contributed by atoms with Crippen LogP contribution in [-0.2, 0) is 10.0 Å². The van der Waals surface area contributed by atoms with Gasteiger partial charge in [0.2, 0.25) is 10.0 Å². The molecule has 2 aliphatic heterocycles. The first-order valence-electron chi connectivity index (χ1n) is 11.0. The van der Waals surface area contributed by atoms with Gasteiger partial charge in [0.25, 0.3) is 5.69 Å². The second-order valence-electron chi connectivity index (χ2n) is 9.35. The molecule has 1 aromatic rings. The summed E-state index contributed by atoms with van der Waals surface area (Å²) in [7, 11) is -1.81. The number of nitrogens with one attached hydrogen (secondary N) is 1. The summed E-state index contributed by atoms with van der Waals surface area (Å²) in [5, 5.41) is 15.0. The summed E-state index contributed by atoms with van der Waals surface area (Å²) in [6, 6.07) is 4.18. The zero-order chi connectivity index (χ0) is 22.8. The number of piperidine rings is 1. The van der Waals surface area contributed by atoms with Gasteiger partial charge in [0, 0.05) is 57.9 Å². The number of anilines is 1. The van der Waals surface area contributed by atoms with Crippen LogP contribution < -0.4 is 5.32 Å². The minimum absolute atomic E-state index is 0.00344. The van der Waals surface area contributed by atoms with Gasteiger partial charge in [-0.3, -0.25) is 10.1 Å². The SMILES string of the molecule is CC1CC(C)CN(CC(C)Nc2ccc(S(=O)(=O)N3CCN(C)CC3)cc2[N+](=O)[O-])C1. The number of hydrogen-bond acceptors (Lipinski definition) is 7. The Morgan fingerprint density at radius 1 is 1.16 bits per heavy atom. The Labute approximate surface area is 185 Å². The van der Waals surface area contributed by atoms with E-state index in [2.05, 4.69) is 29.0 Å². The molecule has 0 saturated carbocycles. The molecule has 2 heterocycles. The molecule has 2 fully saturated rings. The van der Waals surface area contributed by atoms with Gasteiger partial charge in [0.05, 0.1) is 9.82 Å². The zero-order valence-corrected chi connectivity index (χ0v) is 19.8. The van der Waals surface area contributed by atoms with Gasteiger partial charge in [-0.2, -0.15) is 4.31 Å². The van der Waals surface area contributed by atoms with Crippen molar-refractivity contribution in [3.8, 4) is 0 Å². The maximum atomic E-state index is 13.0. The van der Waals surface area contributed by atoms with E-state index in [0.717, 1.165) is 19.6 Å². The number of hydrogen-bond donors (Lipinski definition) is 1. The Kier molecular flexibility index (Phi) is 7.56. The Hall–Kier alpha value is -1.75. The average molecular weight is 454 g/mol. The van der Waals surface area contributed by atoms with Gasteiger partial charge in [-0.05, 0) is 44.4 Å². The fraction of sp³-hybridized carbons (Fsp3) is 0.714. The molecule has 1 N–H and O–H groups in total. The van der Waals surface area contributed by atoms with E-state index in [1.165, 1.54) is 28.9 Å². The van der Waals surface area contributed by atoms with Crippen molar-refractivity contribution in [2.45, 2.75) is 38.1 Å². The molecule has 1 aromatic carbocycles. The summed E-state index contributed by atoms with van der Waals surface area (Å²) in [4.78, 5) is 15.6. The fourth-order valence-electron chi connectivity index (χ4n) is 4.76. The number of nitro groups is 1. The van der Waals surface area contributed by atoms with Crippen molar-refractivity contribution in [1.29, 1.82) is 0 Å². The third kappa shape index (κ3) is 5.94. The first kappa shape index (κ1) is 23.9. The molecule has 0 aliphatic carbocycles. The van der Waals surface area contributed by atoms with Crippen LogP contribution in [0.1, 0.15) is 27.2 Å². The lowest BCUT2D eigenvalue weighted by molar-refractivity contribution is -0.384. The second-order valence-corrected chi connectivity index (χ2v) is 11.3. The molecule has 0 amide bonds. The third-order valence-corrected chi connectivity index (χ3v) is 8.04. The summed E-state index contributed by atoms with van der Waals surface area (Å²) < 4.78 is 27.4. The fourth-order valence-corrected chi connectivity index (χ4v) is 6.20. The maximum Gasteiger partial charge on any atom is 0.293 e. The molecule has 3 atom stereocenters. The summed E-state index contributed by atoms with van der Waals surface area (Å²) in [5.74, 6) is 1.29. The van der Waals surface area contributed by atoms with E-state index in [4.69, 9.17) is 0 Å². The molecule has 3 rings (SSSR count). The Balaban J connectivity index is 1.74. The van der Waals surface area contributed by atoms with Crippen LogP contribution in [0.2, 0.25) is 0 Å². The minimum Gasteiger partial charge on any atom is -0.376 e. The molecule has 0 spiro atoms. The Morgan fingerprint density at radius 2 is 1.77 bits per heavy atom. The van der Waals surface area contributed by atoms with Crippen molar-refractivity contribution in [2.24, 2.45) is 11.8 Å². The van der Waals surface area contributed by atoms with E-state index in [9.17, 15) is 18.5 Å². The number of nitro benzene ring substituents is 1. The van der Waals surface area contributed by atoms with Crippen LogP contribution in [0.15, 0.2) is 23.1 Å². The molecule has 3 unspecified atom stereocenters. The highest BCUT2D eigenvalue weighted by atomic mass is 32.2. The van der Waals surface area contributed by atoms with Crippen molar-refractivity contribution < 1.29 is 13.3 Å². The maximum absolute atomic E-state index is 13.0. The number of nitrogens with zero attached hydrogens (tertiary/aromatic N) is 4. The second kappa shape index (κ2) is 9.81. The van der Waals surface area contributed by atoms with E-state index in [-0.39, 0.29) is 16.6 Å². The van der Waals surface area contributed by atoms with Crippen molar-refractivity contribution in [3.05, 3.63) is 28.3 Å². The van der Waals surface area contributed by atoms with Gasteiger partial charge < -0.3 is 15.1 Å². The molecule has 0 aromatic heterocycles. The number of likely N-dealkylation sites (N-methyl/N-ethyl adjacent to an activating group) is 1. The Bertz CT molecular complexity index is 876. The molecule has 31 heavy (non-hydrogen) atoms. The first-order valence-corrected chi connectivity index (χ1v) is 12.5. The van der Waals surface area contributed by atoms with Crippen molar-refractivity contribution in [3.63, 3.8) is 0 Å². The molecular weight excluding hydrogens is 418 g/mol. The monoisotopic (exact) mass is 453 g/mol. The number of piperazine rings is 1. The van der Waals surface area contributed by atoms with E-state index < -0.39 is 14.9 Å². The number of rotatable bonds is 7. The molecule has 2 aliphatic rings. The van der Waals surface area contributed by atoms with Gasteiger partial charge in [-0.25, -0.2) is 8.42 Å². The molecule has 9 nitrogen and oxygen atoms in total. The highest BCUT2D eigenvalue weighted by Gasteiger charge is 2.30. The highest BCUT2D eigenvalue weighted by Crippen LogP contribution is 2.30. The highest BCUT2D eigenvalue weighted by molar-refractivity contribution is 7.89. The number of likely N-dealkylation sites (tertiary alicyclic amines) is 1. The summed E-state index contributed by atoms with van der Waals surface area (Å²) in [6.45, 7) is 11.4. The molecule has 10 heteroatoms. The van der Waals surface area contributed by atoms with Gasteiger partial charge >= 0.3 is 0 Å². The summed E-state index contributed by atoms with van der Waals surface area (Å²) in [5.41, 5.74) is 0.148. The third-order valence-electron chi connectivity index (χ3n) is 6.14.